The van der Waals surface area contributed by atoms with E-state index in [1.54, 1.807) is 30.3 Å². The molecule has 2 saturated heterocycles. The van der Waals surface area contributed by atoms with E-state index < -0.39 is 23.8 Å². The molecule has 13 heteroatoms. The molecule has 0 atom stereocenters. The lowest BCUT2D eigenvalue weighted by Gasteiger charge is -2.34. The summed E-state index contributed by atoms with van der Waals surface area (Å²) in [6.07, 6.45) is -0.677. The Hall–Kier alpha value is -3.22. The van der Waals surface area contributed by atoms with Gasteiger partial charge in [0.1, 0.15) is 22.6 Å². The largest absolute Gasteiger partial charge is 0.496 e. The minimum atomic E-state index is -2.60. The van der Waals surface area contributed by atoms with Crippen LogP contribution >= 0.6 is 15.9 Å². The van der Waals surface area contributed by atoms with E-state index >= 15 is 0 Å². The van der Waals surface area contributed by atoms with Gasteiger partial charge >= 0.3 is 11.9 Å². The molecule has 0 N–H and O–H groups in total. The summed E-state index contributed by atoms with van der Waals surface area (Å²) in [4.78, 5) is 26.9. The van der Waals surface area contributed by atoms with E-state index in [1.807, 2.05) is 9.80 Å². The summed E-state index contributed by atoms with van der Waals surface area (Å²) < 4.78 is 73.1. The maximum Gasteiger partial charge on any atom is 0.341 e. The lowest BCUT2D eigenvalue weighted by Crippen LogP contribution is -2.39. The zero-order valence-electron chi connectivity index (χ0n) is 23.3. The molecular weight excluding hydrogens is 616 g/mol. The van der Waals surface area contributed by atoms with Gasteiger partial charge in [-0.2, -0.15) is 0 Å². The average molecular weight is 649 g/mol. The van der Waals surface area contributed by atoms with Crippen LogP contribution in [-0.2, 0) is 9.47 Å². The van der Waals surface area contributed by atoms with Crippen molar-refractivity contribution in [2.75, 3.05) is 64.4 Å². The van der Waals surface area contributed by atoms with Crippen LogP contribution in [0.4, 0.5) is 28.9 Å². The maximum absolute atomic E-state index is 13.2. The molecule has 2 aliphatic heterocycles. The first-order chi connectivity index (χ1) is 19.3. The first kappa shape index (κ1) is 32.3. The monoisotopic (exact) mass is 648 g/mol. The second kappa shape index (κ2) is 13.6. The van der Waals surface area contributed by atoms with Gasteiger partial charge in [0.25, 0.3) is 11.8 Å². The van der Waals surface area contributed by atoms with Crippen LogP contribution in [0.2, 0.25) is 0 Å². The molecule has 2 aromatic carbocycles. The number of halogens is 5. The van der Waals surface area contributed by atoms with E-state index in [2.05, 4.69) is 20.7 Å². The molecule has 4 rings (SSSR count). The number of benzene rings is 2. The molecule has 0 aromatic heterocycles. The van der Waals surface area contributed by atoms with E-state index in [1.165, 1.54) is 28.4 Å². The molecule has 2 aliphatic rings. The second-order valence-electron chi connectivity index (χ2n) is 9.56. The Morgan fingerprint density at radius 3 is 1.66 bits per heavy atom. The molecule has 0 saturated carbocycles. The number of esters is 2. The van der Waals surface area contributed by atoms with E-state index in [9.17, 15) is 27.2 Å². The molecule has 0 unspecified atom stereocenters. The molecule has 2 heterocycles. The van der Waals surface area contributed by atoms with Crippen molar-refractivity contribution in [2.45, 2.75) is 37.5 Å². The Morgan fingerprint density at radius 1 is 0.707 bits per heavy atom. The van der Waals surface area contributed by atoms with Crippen LogP contribution in [0.25, 0.3) is 0 Å². The lowest BCUT2D eigenvalue weighted by molar-refractivity contribution is -0.0226. The summed E-state index contributed by atoms with van der Waals surface area (Å²) in [5.41, 5.74) is 2.11. The number of anilines is 2. The number of piperidine rings is 2. The van der Waals surface area contributed by atoms with Crippen LogP contribution in [0.5, 0.6) is 11.5 Å². The molecule has 0 amide bonds. The fourth-order valence-electron chi connectivity index (χ4n) is 4.55. The molecular formula is C28H33BrF4N2O6. The van der Waals surface area contributed by atoms with Crippen molar-refractivity contribution < 1.29 is 46.1 Å². The van der Waals surface area contributed by atoms with Crippen LogP contribution in [0.3, 0.4) is 0 Å². The highest BCUT2D eigenvalue weighted by Gasteiger charge is 2.35. The molecule has 0 radical (unpaired) electrons. The fourth-order valence-corrected chi connectivity index (χ4v) is 5.14. The first-order valence-corrected chi connectivity index (χ1v) is 13.6. The predicted octanol–water partition coefficient (Wildman–Crippen LogP) is 6.20. The zero-order valence-corrected chi connectivity index (χ0v) is 24.9. The first-order valence-electron chi connectivity index (χ1n) is 12.8. The summed E-state index contributed by atoms with van der Waals surface area (Å²) in [6.45, 7) is 1.08. The number of carbonyl (C=O) groups excluding carboxylic acids is 2. The molecule has 2 fully saturated rings. The van der Waals surface area contributed by atoms with Crippen LogP contribution < -0.4 is 19.3 Å². The number of carbonyl (C=O) groups is 2. The summed E-state index contributed by atoms with van der Waals surface area (Å²) in [5.74, 6) is -5.43. The van der Waals surface area contributed by atoms with Crippen molar-refractivity contribution in [2.24, 2.45) is 0 Å². The third-order valence-corrected chi connectivity index (χ3v) is 7.60. The van der Waals surface area contributed by atoms with Crippen molar-refractivity contribution in [1.29, 1.82) is 0 Å². The van der Waals surface area contributed by atoms with E-state index in [4.69, 9.17) is 14.2 Å². The standard InChI is InChI=1S/C14H16BrF2NO3.C14H17F2NO3/c1-20-12-8-11(10(15)7-9(12)13(19)21-2)18-5-3-14(16,17)4-6-18;1-19-12-9-10(3-4-11(12)13(18)20-2)17-7-5-14(15,16)6-8-17/h7-8H,3-6H2,1-2H3;3-4,9H,5-8H2,1-2H3. The number of methoxy groups -OCH3 is 4. The smallest absolute Gasteiger partial charge is 0.341 e. The van der Waals surface area contributed by atoms with Crippen LogP contribution in [0.1, 0.15) is 46.4 Å². The number of ether oxygens (including phenoxy) is 4. The minimum absolute atomic E-state index is 0.159. The Balaban J connectivity index is 0.000000226. The van der Waals surface area contributed by atoms with E-state index in [0.29, 0.717) is 21.5 Å². The number of nitrogens with zero attached hydrogens (tertiary/aromatic N) is 2. The topological polar surface area (TPSA) is 77.5 Å². The van der Waals surface area contributed by atoms with Gasteiger partial charge in [-0.15, -0.1) is 0 Å². The fraction of sp³-hybridized carbons (Fsp3) is 0.500. The van der Waals surface area contributed by atoms with Crippen molar-refractivity contribution in [3.63, 3.8) is 0 Å². The van der Waals surface area contributed by atoms with Crippen LogP contribution in [-0.4, -0.2) is 78.4 Å². The van der Waals surface area contributed by atoms with Crippen LogP contribution in [0, 0.1) is 0 Å². The van der Waals surface area contributed by atoms with Gasteiger partial charge in [-0.1, -0.05) is 0 Å². The lowest BCUT2D eigenvalue weighted by atomic mass is 10.1. The van der Waals surface area contributed by atoms with Gasteiger partial charge in [-0.3, -0.25) is 0 Å². The summed E-state index contributed by atoms with van der Waals surface area (Å²) in [7, 11) is 5.48. The van der Waals surface area contributed by atoms with Crippen molar-refractivity contribution in [3.05, 3.63) is 45.9 Å². The van der Waals surface area contributed by atoms with Crippen LogP contribution in [0.15, 0.2) is 34.8 Å². The molecule has 0 spiro atoms. The molecule has 8 nitrogen and oxygen atoms in total. The van der Waals surface area contributed by atoms with E-state index in [0.717, 1.165) is 11.4 Å². The van der Waals surface area contributed by atoms with Crippen molar-refractivity contribution in [1.82, 2.24) is 0 Å². The third-order valence-electron chi connectivity index (χ3n) is 6.96. The Morgan fingerprint density at radius 2 is 1.17 bits per heavy atom. The molecule has 0 bridgehead atoms. The SMILES string of the molecule is COC(=O)c1cc(Br)c(N2CCC(F)(F)CC2)cc1OC.COC(=O)c1ccc(N2CCC(F)(F)CC2)cc1OC. The molecule has 2 aromatic rings. The summed E-state index contributed by atoms with van der Waals surface area (Å²) in [5, 5.41) is 0. The van der Waals surface area contributed by atoms with Gasteiger partial charge in [0, 0.05) is 74.2 Å². The number of alkyl halides is 4. The Labute approximate surface area is 244 Å². The molecule has 0 aliphatic carbocycles. The summed E-state index contributed by atoms with van der Waals surface area (Å²) in [6, 6.07) is 8.24. The van der Waals surface area contributed by atoms with Gasteiger partial charge < -0.3 is 28.7 Å². The highest BCUT2D eigenvalue weighted by Crippen LogP contribution is 2.38. The molecule has 41 heavy (non-hydrogen) atoms. The number of hydrogen-bond donors (Lipinski definition) is 0. The third kappa shape index (κ3) is 8.17. The summed E-state index contributed by atoms with van der Waals surface area (Å²) >= 11 is 3.38. The molecule has 226 valence electrons. The zero-order chi connectivity index (χ0) is 30.4. The highest BCUT2D eigenvalue weighted by molar-refractivity contribution is 9.10. The van der Waals surface area contributed by atoms with Gasteiger partial charge in [0.2, 0.25) is 0 Å². The van der Waals surface area contributed by atoms with Gasteiger partial charge in [-0.05, 0) is 34.1 Å². The van der Waals surface area contributed by atoms with Crippen molar-refractivity contribution in [3.8, 4) is 11.5 Å². The Bertz CT molecular complexity index is 1230. The van der Waals surface area contributed by atoms with Gasteiger partial charge in [0.05, 0.1) is 34.1 Å². The second-order valence-corrected chi connectivity index (χ2v) is 10.4. The number of hydrogen-bond acceptors (Lipinski definition) is 8. The minimum Gasteiger partial charge on any atom is -0.496 e. The highest BCUT2D eigenvalue weighted by atomic mass is 79.9. The van der Waals surface area contributed by atoms with Gasteiger partial charge in [0.15, 0.2) is 0 Å². The van der Waals surface area contributed by atoms with Crippen molar-refractivity contribution >= 4 is 39.2 Å². The Kier molecular flexibility index (Phi) is 10.7. The quantitative estimate of drug-likeness (QED) is 0.271. The maximum atomic E-state index is 13.2. The predicted molar refractivity (Wildman–Crippen MR) is 149 cm³/mol. The van der Waals surface area contributed by atoms with Gasteiger partial charge in [-0.25, -0.2) is 27.2 Å². The van der Waals surface area contributed by atoms with E-state index in [-0.39, 0.29) is 57.4 Å². The average Bonchev–Trinajstić information content (AvgIpc) is 2.96. The number of rotatable bonds is 6. The normalized spacial score (nSPS) is 17.6.